The largest absolute Gasteiger partial charge is 0.507 e. The standard InChI is InChI=1S/C23H18N4O2/c24-15-19(23(29)25-16-17-7-3-1-4-8-17)13-18-14-21(11-12-22(18)28)27-26-20-9-5-2-6-10-20/h1-14,28H,16H2,(H,25,29)/b19-13-,27-26?. The van der Waals surface area contributed by atoms with E-state index in [2.05, 4.69) is 15.5 Å². The smallest absolute Gasteiger partial charge is 0.262 e. The van der Waals surface area contributed by atoms with Gasteiger partial charge < -0.3 is 10.4 Å². The van der Waals surface area contributed by atoms with Crippen LogP contribution in [0.1, 0.15) is 11.1 Å². The number of carbonyl (C=O) groups is 1. The first kappa shape index (κ1) is 19.5. The molecular formula is C23H18N4O2. The number of benzene rings is 3. The van der Waals surface area contributed by atoms with Gasteiger partial charge in [0.25, 0.3) is 5.91 Å². The summed E-state index contributed by atoms with van der Waals surface area (Å²) in [5.41, 5.74) is 2.29. The highest BCUT2D eigenvalue weighted by molar-refractivity contribution is 6.02. The summed E-state index contributed by atoms with van der Waals surface area (Å²) in [5, 5.41) is 30.4. The third kappa shape index (κ3) is 5.62. The highest BCUT2D eigenvalue weighted by Crippen LogP contribution is 2.27. The van der Waals surface area contributed by atoms with E-state index in [4.69, 9.17) is 0 Å². The summed E-state index contributed by atoms with van der Waals surface area (Å²) in [7, 11) is 0. The van der Waals surface area contributed by atoms with Gasteiger partial charge in [0.1, 0.15) is 17.4 Å². The van der Waals surface area contributed by atoms with Crippen LogP contribution in [0.4, 0.5) is 11.4 Å². The lowest BCUT2D eigenvalue weighted by Crippen LogP contribution is -2.23. The van der Waals surface area contributed by atoms with Crippen molar-refractivity contribution in [2.45, 2.75) is 6.54 Å². The maximum Gasteiger partial charge on any atom is 0.262 e. The molecule has 3 rings (SSSR count). The van der Waals surface area contributed by atoms with Crippen LogP contribution in [0, 0.1) is 11.3 Å². The number of nitrogens with one attached hydrogen (secondary N) is 1. The van der Waals surface area contributed by atoms with Gasteiger partial charge >= 0.3 is 0 Å². The van der Waals surface area contributed by atoms with E-state index in [0.29, 0.717) is 23.5 Å². The van der Waals surface area contributed by atoms with Gasteiger partial charge in [-0.2, -0.15) is 15.5 Å². The van der Waals surface area contributed by atoms with E-state index >= 15 is 0 Å². The predicted octanol–water partition coefficient (Wildman–Crippen LogP) is 5.03. The Morgan fingerprint density at radius 1 is 0.966 bits per heavy atom. The number of carbonyl (C=O) groups excluding carboxylic acids is 1. The van der Waals surface area contributed by atoms with Gasteiger partial charge in [0.2, 0.25) is 0 Å². The summed E-state index contributed by atoms with van der Waals surface area (Å²) in [6, 6.07) is 25.1. The normalized spacial score (nSPS) is 11.2. The fourth-order valence-electron chi connectivity index (χ4n) is 2.51. The highest BCUT2D eigenvalue weighted by Gasteiger charge is 2.10. The Kier molecular flexibility index (Phi) is 6.48. The van der Waals surface area contributed by atoms with Crippen LogP contribution in [0.3, 0.4) is 0 Å². The van der Waals surface area contributed by atoms with Gasteiger partial charge in [-0.05, 0) is 42.0 Å². The molecule has 0 aliphatic heterocycles. The fraction of sp³-hybridized carbons (Fsp3) is 0.0435. The maximum atomic E-state index is 12.3. The Hall–Kier alpha value is -4.24. The minimum atomic E-state index is -0.521. The SMILES string of the molecule is N#C/C(=C/c1cc(N=Nc2ccccc2)ccc1O)C(=O)NCc1ccccc1. The number of phenolic OH excluding ortho intramolecular Hbond substituents is 1. The molecule has 0 atom stereocenters. The van der Waals surface area contributed by atoms with Gasteiger partial charge in [0.05, 0.1) is 11.4 Å². The average molecular weight is 382 g/mol. The summed E-state index contributed by atoms with van der Waals surface area (Å²) in [6.45, 7) is 0.302. The topological polar surface area (TPSA) is 97.8 Å². The number of hydrogen-bond donors (Lipinski definition) is 2. The molecule has 0 spiro atoms. The van der Waals surface area contributed by atoms with Gasteiger partial charge in [0, 0.05) is 12.1 Å². The molecule has 0 unspecified atom stereocenters. The second-order valence-corrected chi connectivity index (χ2v) is 6.12. The molecule has 0 saturated heterocycles. The van der Waals surface area contributed by atoms with Gasteiger partial charge in [-0.15, -0.1) is 0 Å². The van der Waals surface area contributed by atoms with E-state index < -0.39 is 5.91 Å². The van der Waals surface area contributed by atoms with Gasteiger partial charge in [0.15, 0.2) is 0 Å². The van der Waals surface area contributed by atoms with Crippen LogP contribution >= 0.6 is 0 Å². The number of phenols is 1. The summed E-state index contributed by atoms with van der Waals surface area (Å²) in [4.78, 5) is 12.3. The molecule has 0 saturated carbocycles. The van der Waals surface area contributed by atoms with Gasteiger partial charge in [-0.25, -0.2) is 0 Å². The first-order valence-corrected chi connectivity index (χ1v) is 8.89. The zero-order valence-corrected chi connectivity index (χ0v) is 15.5. The van der Waals surface area contributed by atoms with E-state index in [1.165, 1.54) is 12.1 Å². The van der Waals surface area contributed by atoms with E-state index in [0.717, 1.165) is 5.56 Å². The lowest BCUT2D eigenvalue weighted by Gasteiger charge is -2.05. The number of hydrogen-bond acceptors (Lipinski definition) is 5. The van der Waals surface area contributed by atoms with Crippen molar-refractivity contribution in [1.82, 2.24) is 5.32 Å². The van der Waals surface area contributed by atoms with E-state index in [1.54, 1.807) is 12.1 Å². The second kappa shape index (κ2) is 9.62. The van der Waals surface area contributed by atoms with Crippen molar-refractivity contribution >= 4 is 23.4 Å². The molecule has 0 aliphatic carbocycles. The lowest BCUT2D eigenvalue weighted by molar-refractivity contribution is -0.117. The van der Waals surface area contributed by atoms with Crippen molar-refractivity contribution in [2.75, 3.05) is 0 Å². The molecule has 0 fully saturated rings. The zero-order valence-electron chi connectivity index (χ0n) is 15.5. The number of nitriles is 1. The molecule has 2 N–H and O–H groups in total. The lowest BCUT2D eigenvalue weighted by atomic mass is 10.1. The molecule has 0 bridgehead atoms. The Morgan fingerprint density at radius 2 is 1.62 bits per heavy atom. The Morgan fingerprint density at radius 3 is 2.31 bits per heavy atom. The van der Waals surface area contributed by atoms with Gasteiger partial charge in [-0.1, -0.05) is 48.5 Å². The fourth-order valence-corrected chi connectivity index (χ4v) is 2.51. The highest BCUT2D eigenvalue weighted by atomic mass is 16.3. The van der Waals surface area contributed by atoms with Crippen LogP contribution in [0.2, 0.25) is 0 Å². The molecule has 0 radical (unpaired) electrons. The van der Waals surface area contributed by atoms with Crippen LogP contribution in [-0.2, 0) is 11.3 Å². The minimum absolute atomic E-state index is 0.0627. The summed E-state index contributed by atoms with van der Waals surface area (Å²) in [6.07, 6.45) is 1.33. The van der Waals surface area contributed by atoms with Crippen LogP contribution in [0.5, 0.6) is 5.75 Å². The first-order valence-electron chi connectivity index (χ1n) is 8.89. The second-order valence-electron chi connectivity index (χ2n) is 6.12. The number of nitrogens with zero attached hydrogens (tertiary/aromatic N) is 3. The molecule has 0 aliphatic rings. The summed E-state index contributed by atoms with van der Waals surface area (Å²) >= 11 is 0. The van der Waals surface area contributed by atoms with Crippen LogP contribution in [-0.4, -0.2) is 11.0 Å². The quantitative estimate of drug-likeness (QED) is 0.355. The molecule has 1 amide bonds. The maximum absolute atomic E-state index is 12.3. The van der Waals surface area contributed by atoms with Gasteiger partial charge in [-0.3, -0.25) is 4.79 Å². The summed E-state index contributed by atoms with van der Waals surface area (Å²) < 4.78 is 0. The minimum Gasteiger partial charge on any atom is -0.507 e. The van der Waals surface area contributed by atoms with Crippen LogP contribution in [0.15, 0.2) is 94.7 Å². The molecule has 3 aromatic carbocycles. The van der Waals surface area contributed by atoms with E-state index in [9.17, 15) is 15.2 Å². The molecule has 29 heavy (non-hydrogen) atoms. The Labute approximate surface area is 168 Å². The molecule has 6 heteroatoms. The predicted molar refractivity (Wildman–Crippen MR) is 111 cm³/mol. The monoisotopic (exact) mass is 382 g/mol. The van der Waals surface area contributed by atoms with E-state index in [-0.39, 0.29) is 11.3 Å². The van der Waals surface area contributed by atoms with Crippen LogP contribution < -0.4 is 5.32 Å². The molecule has 6 nitrogen and oxygen atoms in total. The number of rotatable bonds is 6. The van der Waals surface area contributed by atoms with E-state index in [1.807, 2.05) is 66.7 Å². The van der Waals surface area contributed by atoms with Crippen molar-refractivity contribution in [3.05, 3.63) is 95.6 Å². The Bertz CT molecular complexity index is 1080. The Balaban J connectivity index is 1.77. The molecule has 0 heterocycles. The summed E-state index contributed by atoms with van der Waals surface area (Å²) in [5.74, 6) is -0.584. The number of azo groups is 1. The van der Waals surface area contributed by atoms with Crippen molar-refractivity contribution < 1.29 is 9.90 Å². The van der Waals surface area contributed by atoms with Crippen molar-refractivity contribution in [3.8, 4) is 11.8 Å². The molecule has 0 aromatic heterocycles. The third-order valence-corrected chi connectivity index (χ3v) is 4.01. The molecule has 142 valence electrons. The van der Waals surface area contributed by atoms with Crippen LogP contribution in [0.25, 0.3) is 6.08 Å². The third-order valence-electron chi connectivity index (χ3n) is 4.01. The number of aromatic hydroxyl groups is 1. The first-order chi connectivity index (χ1) is 14.2. The zero-order chi connectivity index (χ0) is 20.5. The van der Waals surface area contributed by atoms with Crippen molar-refractivity contribution in [2.24, 2.45) is 10.2 Å². The molecule has 3 aromatic rings. The molecular weight excluding hydrogens is 364 g/mol. The van der Waals surface area contributed by atoms with Crippen molar-refractivity contribution in [3.63, 3.8) is 0 Å². The van der Waals surface area contributed by atoms with Crippen molar-refractivity contribution in [1.29, 1.82) is 5.26 Å². The average Bonchev–Trinajstić information content (AvgIpc) is 2.77. The number of amides is 1.